The number of rotatable bonds is 7. The lowest BCUT2D eigenvalue weighted by atomic mass is 9.95. The molecular formula is C22H26N4O2S2. The van der Waals surface area contributed by atoms with Crippen LogP contribution in [0.15, 0.2) is 41.1 Å². The lowest BCUT2D eigenvalue weighted by Crippen LogP contribution is -2.43. The average Bonchev–Trinajstić information content (AvgIpc) is 3.46. The number of carbonyl (C=O) groups excluding carboxylic acids is 2. The van der Waals surface area contributed by atoms with Gasteiger partial charge in [-0.3, -0.25) is 9.59 Å². The number of aromatic nitrogens is 2. The van der Waals surface area contributed by atoms with E-state index in [9.17, 15) is 9.59 Å². The number of likely N-dealkylation sites (tertiary alicyclic amines) is 1. The van der Waals surface area contributed by atoms with Crippen molar-refractivity contribution in [3.8, 4) is 0 Å². The van der Waals surface area contributed by atoms with Gasteiger partial charge >= 0.3 is 0 Å². The molecular weight excluding hydrogens is 416 g/mol. The summed E-state index contributed by atoms with van der Waals surface area (Å²) in [6.07, 6.45) is 4.27. The summed E-state index contributed by atoms with van der Waals surface area (Å²) < 4.78 is 0. The van der Waals surface area contributed by atoms with Crippen molar-refractivity contribution in [1.29, 1.82) is 0 Å². The number of nitrogens with one attached hydrogen (secondary N) is 2. The largest absolute Gasteiger partial charge is 0.346 e. The molecule has 0 unspecified atom stereocenters. The molecule has 0 bridgehead atoms. The third-order valence-corrected chi connectivity index (χ3v) is 6.91. The summed E-state index contributed by atoms with van der Waals surface area (Å²) in [6.45, 7) is 1.24. The monoisotopic (exact) mass is 442 g/mol. The predicted octanol–water partition coefficient (Wildman–Crippen LogP) is 4.09. The number of para-hydroxylation sites is 2. The van der Waals surface area contributed by atoms with Crippen molar-refractivity contribution in [2.24, 2.45) is 5.92 Å². The molecule has 2 amide bonds. The second-order valence-corrected chi connectivity index (χ2v) is 9.33. The van der Waals surface area contributed by atoms with Crippen LogP contribution in [0.2, 0.25) is 0 Å². The minimum Gasteiger partial charge on any atom is -0.346 e. The van der Waals surface area contributed by atoms with E-state index in [-0.39, 0.29) is 23.8 Å². The van der Waals surface area contributed by atoms with Gasteiger partial charge < -0.3 is 15.2 Å². The molecule has 0 radical (unpaired) electrons. The van der Waals surface area contributed by atoms with Gasteiger partial charge in [0, 0.05) is 24.4 Å². The zero-order valence-corrected chi connectivity index (χ0v) is 18.6. The molecule has 0 spiro atoms. The topological polar surface area (TPSA) is 78.1 Å². The molecule has 1 fully saturated rings. The van der Waals surface area contributed by atoms with Gasteiger partial charge in [-0.05, 0) is 54.9 Å². The van der Waals surface area contributed by atoms with Crippen LogP contribution in [0.3, 0.4) is 0 Å². The molecule has 1 atom stereocenters. The van der Waals surface area contributed by atoms with E-state index in [1.807, 2.05) is 46.0 Å². The standard InChI is InChI=1S/C22H26N4O2S2/c1-29-12-9-19(20-23-17-4-2-3-5-18(17)24-20)25-21(27)15-6-10-26(11-7-15)22(28)16-8-13-30-14-16/h2-5,8,13-15,19H,6-7,9-12H2,1H3,(H,23,24)(H,25,27)/t19-/m0/s1. The summed E-state index contributed by atoms with van der Waals surface area (Å²) in [7, 11) is 0. The maximum Gasteiger partial charge on any atom is 0.254 e. The van der Waals surface area contributed by atoms with Crippen molar-refractivity contribution < 1.29 is 9.59 Å². The Morgan fingerprint density at radius 3 is 2.80 bits per heavy atom. The number of H-pyrrole nitrogens is 1. The summed E-state index contributed by atoms with van der Waals surface area (Å²) in [6, 6.07) is 9.64. The Bertz CT molecular complexity index is 961. The van der Waals surface area contributed by atoms with E-state index in [1.54, 1.807) is 11.8 Å². The zero-order valence-electron chi connectivity index (χ0n) is 17.0. The summed E-state index contributed by atoms with van der Waals surface area (Å²) in [5, 5.41) is 7.02. The van der Waals surface area contributed by atoms with E-state index in [2.05, 4.69) is 16.6 Å². The van der Waals surface area contributed by atoms with E-state index in [0.717, 1.165) is 34.6 Å². The number of carbonyl (C=O) groups is 2. The number of imidazole rings is 1. The molecule has 6 nitrogen and oxygen atoms in total. The number of hydrogen-bond donors (Lipinski definition) is 2. The highest BCUT2D eigenvalue weighted by Crippen LogP contribution is 2.24. The van der Waals surface area contributed by atoms with Gasteiger partial charge in [-0.25, -0.2) is 4.98 Å². The number of thiophene rings is 1. The number of amides is 2. The van der Waals surface area contributed by atoms with Gasteiger partial charge in [0.25, 0.3) is 5.91 Å². The van der Waals surface area contributed by atoms with E-state index < -0.39 is 0 Å². The Hall–Kier alpha value is -2.32. The van der Waals surface area contributed by atoms with Crippen molar-refractivity contribution in [3.63, 3.8) is 0 Å². The first kappa shape index (κ1) is 20.9. The number of fused-ring (bicyclic) bond motifs is 1. The highest BCUT2D eigenvalue weighted by atomic mass is 32.2. The van der Waals surface area contributed by atoms with Gasteiger partial charge in [0.15, 0.2) is 0 Å². The van der Waals surface area contributed by atoms with Gasteiger partial charge in [-0.1, -0.05) is 12.1 Å². The van der Waals surface area contributed by atoms with Gasteiger partial charge in [0.2, 0.25) is 5.91 Å². The van der Waals surface area contributed by atoms with Gasteiger partial charge in [0.05, 0.1) is 22.6 Å². The first-order valence-electron chi connectivity index (χ1n) is 10.2. The van der Waals surface area contributed by atoms with E-state index in [0.29, 0.717) is 25.9 Å². The third-order valence-electron chi connectivity index (χ3n) is 5.59. The summed E-state index contributed by atoms with van der Waals surface area (Å²) in [5.74, 6) is 1.80. The van der Waals surface area contributed by atoms with Crippen LogP contribution < -0.4 is 5.32 Å². The SMILES string of the molecule is CSCC[C@H](NC(=O)C1CCN(C(=O)c2ccsc2)CC1)c1nc2ccccc2[nH]1. The number of hydrogen-bond acceptors (Lipinski definition) is 5. The Balaban J connectivity index is 1.38. The van der Waals surface area contributed by atoms with Crippen LogP contribution in [-0.2, 0) is 4.79 Å². The summed E-state index contributed by atoms with van der Waals surface area (Å²) in [4.78, 5) is 35.4. The van der Waals surface area contributed by atoms with Crippen LogP contribution in [-0.4, -0.2) is 51.8 Å². The first-order valence-corrected chi connectivity index (χ1v) is 12.5. The fourth-order valence-electron chi connectivity index (χ4n) is 3.85. The molecule has 1 aliphatic heterocycles. The second-order valence-electron chi connectivity index (χ2n) is 7.56. The maximum absolute atomic E-state index is 13.0. The van der Waals surface area contributed by atoms with Gasteiger partial charge in [0.1, 0.15) is 5.82 Å². The van der Waals surface area contributed by atoms with Crippen molar-refractivity contribution >= 4 is 45.9 Å². The molecule has 1 aliphatic rings. The average molecular weight is 443 g/mol. The number of aromatic amines is 1. The van der Waals surface area contributed by atoms with Crippen LogP contribution >= 0.6 is 23.1 Å². The van der Waals surface area contributed by atoms with Crippen molar-refractivity contribution in [2.75, 3.05) is 25.1 Å². The van der Waals surface area contributed by atoms with Crippen molar-refractivity contribution in [1.82, 2.24) is 20.2 Å². The van der Waals surface area contributed by atoms with E-state index in [1.165, 1.54) is 11.3 Å². The lowest BCUT2D eigenvalue weighted by Gasteiger charge is -2.32. The highest BCUT2D eigenvalue weighted by Gasteiger charge is 2.29. The minimum absolute atomic E-state index is 0.0594. The molecule has 4 rings (SSSR count). The van der Waals surface area contributed by atoms with Crippen LogP contribution in [0, 0.1) is 5.92 Å². The molecule has 0 saturated carbocycles. The smallest absolute Gasteiger partial charge is 0.254 e. The number of nitrogens with zero attached hydrogens (tertiary/aromatic N) is 2. The van der Waals surface area contributed by atoms with Crippen LogP contribution in [0.4, 0.5) is 0 Å². The predicted molar refractivity (Wildman–Crippen MR) is 123 cm³/mol. The molecule has 8 heteroatoms. The maximum atomic E-state index is 13.0. The van der Waals surface area contributed by atoms with E-state index in [4.69, 9.17) is 4.98 Å². The summed E-state index contributed by atoms with van der Waals surface area (Å²) >= 11 is 3.29. The molecule has 2 N–H and O–H groups in total. The van der Waals surface area contributed by atoms with Crippen LogP contribution in [0.25, 0.3) is 11.0 Å². The number of thioether (sulfide) groups is 1. The molecule has 2 aromatic heterocycles. The number of piperidine rings is 1. The molecule has 3 aromatic rings. The zero-order chi connectivity index (χ0) is 20.9. The molecule has 1 aromatic carbocycles. The van der Waals surface area contributed by atoms with Gasteiger partial charge in [-0.15, -0.1) is 0 Å². The normalized spacial score (nSPS) is 16.0. The molecule has 30 heavy (non-hydrogen) atoms. The fraction of sp³-hybridized carbons (Fsp3) is 0.409. The Kier molecular flexibility index (Phi) is 6.74. The Morgan fingerprint density at radius 2 is 2.10 bits per heavy atom. The number of benzene rings is 1. The van der Waals surface area contributed by atoms with Crippen molar-refractivity contribution in [3.05, 3.63) is 52.5 Å². The first-order chi connectivity index (χ1) is 14.7. The van der Waals surface area contributed by atoms with Crippen molar-refractivity contribution in [2.45, 2.75) is 25.3 Å². The lowest BCUT2D eigenvalue weighted by molar-refractivity contribution is -0.127. The Morgan fingerprint density at radius 1 is 1.30 bits per heavy atom. The fourth-order valence-corrected chi connectivity index (χ4v) is 4.95. The summed E-state index contributed by atoms with van der Waals surface area (Å²) in [5.41, 5.74) is 2.64. The van der Waals surface area contributed by atoms with E-state index >= 15 is 0 Å². The molecule has 3 heterocycles. The third kappa shape index (κ3) is 4.70. The highest BCUT2D eigenvalue weighted by molar-refractivity contribution is 7.98. The molecule has 0 aliphatic carbocycles. The molecule has 1 saturated heterocycles. The molecule has 158 valence electrons. The van der Waals surface area contributed by atoms with Crippen LogP contribution in [0.5, 0.6) is 0 Å². The van der Waals surface area contributed by atoms with Crippen LogP contribution in [0.1, 0.15) is 41.5 Å². The Labute approximate surface area is 184 Å². The second kappa shape index (κ2) is 9.66. The van der Waals surface area contributed by atoms with Gasteiger partial charge in [-0.2, -0.15) is 23.1 Å². The minimum atomic E-state index is -0.136. The quantitative estimate of drug-likeness (QED) is 0.578.